The summed E-state index contributed by atoms with van der Waals surface area (Å²) in [4.78, 5) is 4.62. The predicted molar refractivity (Wildman–Crippen MR) is 99.9 cm³/mol. The highest BCUT2D eigenvalue weighted by Crippen LogP contribution is 2.26. The van der Waals surface area contributed by atoms with Crippen LogP contribution in [0.3, 0.4) is 0 Å². The number of aliphatic imine (C=N–C) groups is 1. The Morgan fingerprint density at radius 1 is 1.08 bits per heavy atom. The van der Waals surface area contributed by atoms with Gasteiger partial charge in [-0.1, -0.05) is 59.6 Å². The molecule has 0 amide bonds. The van der Waals surface area contributed by atoms with E-state index in [2.05, 4.69) is 11.1 Å². The van der Waals surface area contributed by atoms with E-state index < -0.39 is 10.1 Å². The van der Waals surface area contributed by atoms with Crippen molar-refractivity contribution >= 4 is 45.1 Å². The quantitative estimate of drug-likeness (QED) is 0.743. The van der Waals surface area contributed by atoms with Crippen LogP contribution < -0.4 is 0 Å². The third-order valence-electron chi connectivity index (χ3n) is 3.05. The molecule has 0 saturated carbocycles. The molecule has 1 aliphatic heterocycles. The molecule has 2 aromatic carbocycles. The third-order valence-corrected chi connectivity index (χ3v) is 3.62. The van der Waals surface area contributed by atoms with E-state index in [9.17, 15) is 8.42 Å². The predicted octanol–water partition coefficient (Wildman–Crippen LogP) is 4.36. The highest BCUT2D eigenvalue weighted by atomic mass is 35.5. The SMILES string of the molecule is CS(=O)(=O)O.Clc1ccc2c(c1)C(c1ccccc1Cl)=NCC=C2. The molecule has 4 nitrogen and oxygen atoms in total. The van der Waals surface area contributed by atoms with Crippen molar-refractivity contribution in [3.63, 3.8) is 0 Å². The zero-order valence-corrected chi connectivity index (χ0v) is 15.1. The van der Waals surface area contributed by atoms with Crippen LogP contribution in [0.4, 0.5) is 0 Å². The van der Waals surface area contributed by atoms with E-state index in [4.69, 9.17) is 27.8 Å². The number of nitrogens with zero attached hydrogens (tertiary/aromatic N) is 1. The minimum atomic E-state index is -3.67. The second-order valence-corrected chi connectivity index (χ2v) is 7.35. The van der Waals surface area contributed by atoms with Gasteiger partial charge in [0.05, 0.1) is 18.5 Å². The molecule has 0 aliphatic carbocycles. The molecule has 2 aromatic rings. The van der Waals surface area contributed by atoms with Gasteiger partial charge >= 0.3 is 0 Å². The van der Waals surface area contributed by atoms with Gasteiger partial charge in [0, 0.05) is 21.2 Å². The summed E-state index contributed by atoms with van der Waals surface area (Å²) in [6.45, 7) is 0.646. The van der Waals surface area contributed by atoms with Gasteiger partial charge in [-0.2, -0.15) is 8.42 Å². The summed E-state index contributed by atoms with van der Waals surface area (Å²) in [6.07, 6.45) is 4.82. The highest BCUT2D eigenvalue weighted by molar-refractivity contribution is 7.85. The molecule has 0 saturated heterocycles. The maximum absolute atomic E-state index is 9.19. The first-order valence-electron chi connectivity index (χ1n) is 6.94. The second-order valence-electron chi connectivity index (χ2n) is 5.04. The topological polar surface area (TPSA) is 66.7 Å². The lowest BCUT2D eigenvalue weighted by molar-refractivity contribution is 0.490. The summed E-state index contributed by atoms with van der Waals surface area (Å²) >= 11 is 12.4. The molecule has 24 heavy (non-hydrogen) atoms. The van der Waals surface area contributed by atoms with Gasteiger partial charge in [0.1, 0.15) is 0 Å². The van der Waals surface area contributed by atoms with Crippen LogP contribution in [-0.4, -0.2) is 31.5 Å². The molecular formula is C17H15Cl2NO3S. The fourth-order valence-electron chi connectivity index (χ4n) is 2.17. The lowest BCUT2D eigenvalue weighted by Gasteiger charge is -2.11. The summed E-state index contributed by atoms with van der Waals surface area (Å²) in [5, 5.41) is 1.41. The fourth-order valence-corrected chi connectivity index (χ4v) is 2.57. The van der Waals surface area contributed by atoms with E-state index in [0.717, 1.165) is 22.4 Å². The van der Waals surface area contributed by atoms with Crippen LogP contribution in [0.5, 0.6) is 0 Å². The first-order chi connectivity index (χ1) is 11.3. The highest BCUT2D eigenvalue weighted by Gasteiger charge is 2.15. The Labute approximate surface area is 151 Å². The lowest BCUT2D eigenvalue weighted by atomic mass is 9.97. The molecule has 0 radical (unpaired) electrons. The van der Waals surface area contributed by atoms with Gasteiger partial charge in [-0.3, -0.25) is 9.55 Å². The maximum atomic E-state index is 9.19. The Hall–Kier alpha value is -1.66. The summed E-state index contributed by atoms with van der Waals surface area (Å²) in [5.74, 6) is 0. The van der Waals surface area contributed by atoms with Crippen molar-refractivity contribution in [3.05, 3.63) is 75.3 Å². The molecule has 3 rings (SSSR count). The van der Waals surface area contributed by atoms with E-state index >= 15 is 0 Å². The summed E-state index contributed by atoms with van der Waals surface area (Å²) in [7, 11) is -3.67. The molecular weight excluding hydrogens is 369 g/mol. The van der Waals surface area contributed by atoms with E-state index in [1.165, 1.54) is 0 Å². The van der Waals surface area contributed by atoms with Crippen LogP contribution in [-0.2, 0) is 10.1 Å². The van der Waals surface area contributed by atoms with Crippen molar-refractivity contribution in [2.24, 2.45) is 4.99 Å². The Balaban J connectivity index is 0.000000368. The first-order valence-corrected chi connectivity index (χ1v) is 9.54. The number of hydrogen-bond acceptors (Lipinski definition) is 3. The van der Waals surface area contributed by atoms with Crippen LogP contribution in [0.15, 0.2) is 53.5 Å². The van der Waals surface area contributed by atoms with Crippen molar-refractivity contribution in [2.45, 2.75) is 0 Å². The largest absolute Gasteiger partial charge is 0.286 e. The maximum Gasteiger partial charge on any atom is 0.261 e. The van der Waals surface area contributed by atoms with Crippen molar-refractivity contribution < 1.29 is 13.0 Å². The van der Waals surface area contributed by atoms with Crippen molar-refractivity contribution in [3.8, 4) is 0 Å². The lowest BCUT2D eigenvalue weighted by Crippen LogP contribution is -2.06. The van der Waals surface area contributed by atoms with Gasteiger partial charge in [-0.15, -0.1) is 0 Å². The summed E-state index contributed by atoms with van der Waals surface area (Å²) in [6, 6.07) is 13.6. The second kappa shape index (κ2) is 7.94. The first kappa shape index (κ1) is 18.7. The van der Waals surface area contributed by atoms with Gasteiger partial charge < -0.3 is 0 Å². The van der Waals surface area contributed by atoms with Crippen LogP contribution in [0, 0.1) is 0 Å². The molecule has 0 fully saturated rings. The third kappa shape index (κ3) is 5.46. The smallest absolute Gasteiger partial charge is 0.261 e. The Bertz CT molecular complexity index is 898. The van der Waals surface area contributed by atoms with Crippen LogP contribution >= 0.6 is 23.2 Å². The van der Waals surface area contributed by atoms with Crippen molar-refractivity contribution in [1.82, 2.24) is 0 Å². The van der Waals surface area contributed by atoms with Gasteiger partial charge in [-0.25, -0.2) is 0 Å². The van der Waals surface area contributed by atoms with Gasteiger partial charge in [-0.05, 0) is 23.8 Å². The minimum Gasteiger partial charge on any atom is -0.286 e. The molecule has 0 aromatic heterocycles. The summed E-state index contributed by atoms with van der Waals surface area (Å²) < 4.78 is 25.9. The van der Waals surface area contributed by atoms with E-state index in [1.807, 2.05) is 48.5 Å². The van der Waals surface area contributed by atoms with Gasteiger partial charge in [0.25, 0.3) is 10.1 Å². The molecule has 0 unspecified atom stereocenters. The van der Waals surface area contributed by atoms with Crippen LogP contribution in [0.1, 0.15) is 16.7 Å². The average molecular weight is 384 g/mol. The number of halogens is 2. The molecule has 7 heteroatoms. The van der Waals surface area contributed by atoms with Crippen molar-refractivity contribution in [1.29, 1.82) is 0 Å². The molecule has 1 heterocycles. The molecule has 1 aliphatic rings. The monoisotopic (exact) mass is 383 g/mol. The summed E-state index contributed by atoms with van der Waals surface area (Å²) in [5.41, 5.74) is 3.97. The van der Waals surface area contributed by atoms with Crippen LogP contribution in [0.25, 0.3) is 6.08 Å². The number of fused-ring (bicyclic) bond motifs is 1. The van der Waals surface area contributed by atoms with Gasteiger partial charge in [0.2, 0.25) is 0 Å². The van der Waals surface area contributed by atoms with E-state index in [0.29, 0.717) is 22.8 Å². The number of rotatable bonds is 1. The fraction of sp³-hybridized carbons (Fsp3) is 0.118. The Morgan fingerprint density at radius 2 is 1.75 bits per heavy atom. The zero-order valence-electron chi connectivity index (χ0n) is 12.8. The number of benzene rings is 2. The standard InChI is InChI=1S/C16H11Cl2N.CH4O3S/c17-12-8-7-11-4-3-9-19-16(14(11)10-12)13-5-1-2-6-15(13)18;1-5(2,3)4/h1-8,10H,9H2;1H3,(H,2,3,4). The zero-order chi connectivity index (χ0) is 17.7. The van der Waals surface area contributed by atoms with E-state index in [1.54, 1.807) is 0 Å². The average Bonchev–Trinajstić information content (AvgIpc) is 2.68. The van der Waals surface area contributed by atoms with Crippen LogP contribution in [0.2, 0.25) is 10.0 Å². The number of hydrogen-bond donors (Lipinski definition) is 1. The van der Waals surface area contributed by atoms with E-state index in [-0.39, 0.29) is 0 Å². The molecule has 1 N–H and O–H groups in total. The van der Waals surface area contributed by atoms with Gasteiger partial charge in [0.15, 0.2) is 0 Å². The minimum absolute atomic E-state index is 0.646. The molecule has 0 atom stereocenters. The Kier molecular flexibility index (Phi) is 6.18. The van der Waals surface area contributed by atoms with Crippen molar-refractivity contribution in [2.75, 3.05) is 12.8 Å². The molecule has 126 valence electrons. The normalized spacial score (nSPS) is 13.2. The Morgan fingerprint density at radius 3 is 2.42 bits per heavy atom. The molecule has 0 spiro atoms. The molecule has 0 bridgehead atoms.